The van der Waals surface area contributed by atoms with Gasteiger partial charge in [0.1, 0.15) is 5.82 Å². The first kappa shape index (κ1) is 17.5. The first-order valence-electron chi connectivity index (χ1n) is 10.4. The number of aromatic amines is 1. The van der Waals surface area contributed by atoms with Crippen LogP contribution in [0.15, 0.2) is 43.0 Å². The number of rotatable bonds is 4. The Kier molecular flexibility index (Phi) is 4.16. The van der Waals surface area contributed by atoms with Gasteiger partial charge in [-0.15, -0.1) is 0 Å². The van der Waals surface area contributed by atoms with Gasteiger partial charge in [0.2, 0.25) is 0 Å². The Morgan fingerprint density at radius 3 is 2.70 bits per heavy atom. The molecule has 30 heavy (non-hydrogen) atoms. The van der Waals surface area contributed by atoms with E-state index in [1.165, 1.54) is 23.8 Å². The van der Waals surface area contributed by atoms with Crippen LogP contribution in [0.3, 0.4) is 0 Å². The third-order valence-electron chi connectivity index (χ3n) is 5.85. The zero-order chi connectivity index (χ0) is 19.9. The Morgan fingerprint density at radius 2 is 1.90 bits per heavy atom. The maximum Gasteiger partial charge on any atom is 0.162 e. The summed E-state index contributed by atoms with van der Waals surface area (Å²) in [5, 5.41) is 11.6. The molecule has 0 unspecified atom stereocenters. The molecule has 4 aromatic rings. The number of fused-ring (bicyclic) bond motifs is 1. The summed E-state index contributed by atoms with van der Waals surface area (Å²) in [5.74, 6) is 2.32. The molecule has 5 heterocycles. The van der Waals surface area contributed by atoms with Crippen LogP contribution in [0.2, 0.25) is 0 Å². The Hall–Kier alpha value is -3.39. The highest BCUT2D eigenvalue weighted by Crippen LogP contribution is 2.44. The van der Waals surface area contributed by atoms with Crippen LogP contribution in [0.1, 0.15) is 24.3 Å². The fourth-order valence-corrected chi connectivity index (χ4v) is 4.14. The highest BCUT2D eigenvalue weighted by molar-refractivity contribution is 5.94. The van der Waals surface area contributed by atoms with Crippen molar-refractivity contribution in [3.05, 3.63) is 48.5 Å². The molecule has 0 spiro atoms. The summed E-state index contributed by atoms with van der Waals surface area (Å²) in [6, 6.07) is 5.88. The van der Waals surface area contributed by atoms with E-state index in [0.717, 1.165) is 54.5 Å². The van der Waals surface area contributed by atoms with Crippen LogP contribution in [0.4, 0.5) is 5.82 Å². The molecular weight excluding hydrogens is 376 g/mol. The first-order chi connectivity index (χ1) is 14.9. The van der Waals surface area contributed by atoms with E-state index in [2.05, 4.69) is 30.4 Å². The first-order valence-corrected chi connectivity index (χ1v) is 10.4. The Labute approximate surface area is 173 Å². The van der Waals surface area contributed by atoms with Gasteiger partial charge in [-0.1, -0.05) is 0 Å². The molecule has 2 fully saturated rings. The van der Waals surface area contributed by atoms with E-state index in [1.54, 1.807) is 12.4 Å². The molecule has 0 aromatic carbocycles. The topological polar surface area (TPSA) is 95.5 Å². The molecular formula is C22H22N8. The summed E-state index contributed by atoms with van der Waals surface area (Å²) in [4.78, 5) is 21.4. The van der Waals surface area contributed by atoms with E-state index < -0.39 is 0 Å². The van der Waals surface area contributed by atoms with Crippen LogP contribution in [-0.4, -0.2) is 56.3 Å². The lowest BCUT2D eigenvalue weighted by Crippen LogP contribution is -2.44. The van der Waals surface area contributed by atoms with Gasteiger partial charge >= 0.3 is 0 Å². The van der Waals surface area contributed by atoms with E-state index in [9.17, 15) is 0 Å². The molecule has 150 valence electrons. The lowest BCUT2D eigenvalue weighted by atomic mass is 10.1. The average molecular weight is 398 g/mol. The molecule has 1 saturated heterocycles. The van der Waals surface area contributed by atoms with Gasteiger partial charge in [0, 0.05) is 55.7 Å². The van der Waals surface area contributed by atoms with Crippen molar-refractivity contribution in [2.45, 2.75) is 18.8 Å². The lowest BCUT2D eigenvalue weighted by molar-refractivity contribution is 0.586. The van der Waals surface area contributed by atoms with Gasteiger partial charge in [-0.3, -0.25) is 15.1 Å². The Balaban J connectivity index is 1.53. The van der Waals surface area contributed by atoms with Crippen molar-refractivity contribution in [1.29, 1.82) is 0 Å². The molecule has 4 aromatic heterocycles. The number of nitrogens with one attached hydrogen (secondary N) is 2. The highest BCUT2D eigenvalue weighted by atomic mass is 15.2. The molecule has 0 radical (unpaired) electrons. The van der Waals surface area contributed by atoms with E-state index in [-0.39, 0.29) is 0 Å². The molecule has 0 atom stereocenters. The van der Waals surface area contributed by atoms with Crippen molar-refractivity contribution in [2.24, 2.45) is 0 Å². The molecule has 1 aliphatic heterocycles. The molecule has 0 amide bonds. The van der Waals surface area contributed by atoms with Crippen molar-refractivity contribution >= 4 is 16.7 Å². The molecule has 6 rings (SSSR count). The highest BCUT2D eigenvalue weighted by Gasteiger charge is 2.29. The monoisotopic (exact) mass is 398 g/mol. The zero-order valence-corrected chi connectivity index (χ0v) is 16.5. The van der Waals surface area contributed by atoms with Crippen LogP contribution in [0.5, 0.6) is 0 Å². The zero-order valence-electron chi connectivity index (χ0n) is 16.5. The number of anilines is 1. The van der Waals surface area contributed by atoms with E-state index in [0.29, 0.717) is 11.7 Å². The third kappa shape index (κ3) is 3.09. The lowest BCUT2D eigenvalue weighted by Gasteiger charge is -2.30. The largest absolute Gasteiger partial charge is 0.353 e. The maximum atomic E-state index is 5.09. The molecule has 2 aliphatic rings. The summed E-state index contributed by atoms with van der Waals surface area (Å²) in [6.45, 7) is 3.80. The van der Waals surface area contributed by atoms with Crippen LogP contribution < -0.4 is 10.2 Å². The summed E-state index contributed by atoms with van der Waals surface area (Å²) in [6.07, 6.45) is 9.85. The number of nitrogens with zero attached hydrogens (tertiary/aromatic N) is 6. The van der Waals surface area contributed by atoms with Crippen molar-refractivity contribution in [3.63, 3.8) is 0 Å². The van der Waals surface area contributed by atoms with Crippen LogP contribution in [0.25, 0.3) is 33.7 Å². The second kappa shape index (κ2) is 7.14. The van der Waals surface area contributed by atoms with E-state index >= 15 is 0 Å². The minimum absolute atomic E-state index is 0.588. The van der Waals surface area contributed by atoms with Gasteiger partial charge < -0.3 is 10.2 Å². The average Bonchev–Trinajstić information content (AvgIpc) is 3.51. The van der Waals surface area contributed by atoms with Crippen molar-refractivity contribution in [2.75, 3.05) is 31.1 Å². The second-order valence-corrected chi connectivity index (χ2v) is 7.91. The summed E-state index contributed by atoms with van der Waals surface area (Å²) in [7, 11) is 0. The quantitative estimate of drug-likeness (QED) is 0.546. The molecule has 1 aliphatic carbocycles. The number of hydrogen-bond donors (Lipinski definition) is 2. The van der Waals surface area contributed by atoms with Gasteiger partial charge in [-0.25, -0.2) is 9.97 Å². The predicted molar refractivity (Wildman–Crippen MR) is 115 cm³/mol. The minimum atomic E-state index is 0.588. The van der Waals surface area contributed by atoms with Crippen molar-refractivity contribution < 1.29 is 0 Å². The van der Waals surface area contributed by atoms with Crippen LogP contribution >= 0.6 is 0 Å². The molecule has 8 heteroatoms. The number of aromatic nitrogens is 6. The predicted octanol–water partition coefficient (Wildman–Crippen LogP) is 2.76. The van der Waals surface area contributed by atoms with Crippen LogP contribution in [-0.2, 0) is 0 Å². The normalized spacial score (nSPS) is 16.9. The SMILES string of the molecule is c1cc(-c2cc(-c3nc(N4CCNCC4)c4c(C5CC5)cncc4n3)ccn2)[nH]n1. The van der Waals surface area contributed by atoms with Gasteiger partial charge in [0.15, 0.2) is 5.82 Å². The van der Waals surface area contributed by atoms with Gasteiger partial charge in [0.25, 0.3) is 0 Å². The van der Waals surface area contributed by atoms with Crippen LogP contribution in [0, 0.1) is 0 Å². The number of H-pyrrole nitrogens is 1. The van der Waals surface area contributed by atoms with E-state index in [4.69, 9.17) is 9.97 Å². The molecule has 2 N–H and O–H groups in total. The fourth-order valence-electron chi connectivity index (χ4n) is 4.14. The van der Waals surface area contributed by atoms with E-state index in [1.807, 2.05) is 30.6 Å². The smallest absolute Gasteiger partial charge is 0.162 e. The van der Waals surface area contributed by atoms with Crippen molar-refractivity contribution in [1.82, 2.24) is 35.5 Å². The third-order valence-corrected chi connectivity index (χ3v) is 5.85. The number of pyridine rings is 2. The maximum absolute atomic E-state index is 5.09. The summed E-state index contributed by atoms with van der Waals surface area (Å²) >= 11 is 0. The van der Waals surface area contributed by atoms with Gasteiger partial charge in [-0.2, -0.15) is 5.10 Å². The van der Waals surface area contributed by atoms with Crippen molar-refractivity contribution in [3.8, 4) is 22.8 Å². The molecule has 0 bridgehead atoms. The van der Waals surface area contributed by atoms with Gasteiger partial charge in [-0.05, 0) is 42.5 Å². The summed E-state index contributed by atoms with van der Waals surface area (Å²) in [5.41, 5.74) is 4.84. The molecule has 1 saturated carbocycles. The molecule has 8 nitrogen and oxygen atoms in total. The Bertz CT molecular complexity index is 1190. The van der Waals surface area contributed by atoms with Gasteiger partial charge in [0.05, 0.1) is 23.1 Å². The minimum Gasteiger partial charge on any atom is -0.353 e. The Morgan fingerprint density at radius 1 is 1.00 bits per heavy atom. The summed E-state index contributed by atoms with van der Waals surface area (Å²) < 4.78 is 0. The number of piperazine rings is 1. The second-order valence-electron chi connectivity index (χ2n) is 7.91. The number of hydrogen-bond acceptors (Lipinski definition) is 7. The fraction of sp³-hybridized carbons (Fsp3) is 0.318. The standard InChI is InChI=1S/C22H22N8/c1-2-14(1)16-12-24-13-19-20(16)22(30-9-7-23-8-10-30)28-21(27-19)15-3-5-25-18(11-15)17-4-6-26-29-17/h3-6,11-14,23H,1-2,7-10H2,(H,26,29).